The van der Waals surface area contributed by atoms with Crippen LogP contribution in [0.1, 0.15) is 38.7 Å². The second-order valence-corrected chi connectivity index (χ2v) is 8.27. The first-order valence-corrected chi connectivity index (χ1v) is 10.6. The number of nitrogens with zero attached hydrogens (tertiary/aromatic N) is 2. The van der Waals surface area contributed by atoms with Gasteiger partial charge in [0.05, 0.1) is 18.1 Å². The molecule has 0 saturated carbocycles. The molecule has 2 fully saturated rings. The first-order chi connectivity index (χ1) is 13.9. The summed E-state index contributed by atoms with van der Waals surface area (Å²) in [6, 6.07) is 5.86. The molecular weight excluding hydrogens is 392 g/mol. The number of carbonyl (C=O) groups is 3. The van der Waals surface area contributed by atoms with E-state index in [0.717, 1.165) is 35.4 Å². The van der Waals surface area contributed by atoms with Crippen LogP contribution in [0.15, 0.2) is 23.1 Å². The molecule has 0 aliphatic carbocycles. The third kappa shape index (κ3) is 5.12. The molecule has 2 saturated heterocycles. The number of thioether (sulfide) groups is 1. The zero-order valence-electron chi connectivity index (χ0n) is 17.0. The van der Waals surface area contributed by atoms with Crippen LogP contribution < -0.4 is 9.64 Å². The van der Waals surface area contributed by atoms with E-state index in [2.05, 4.69) is 4.90 Å². The molecule has 1 aromatic rings. The van der Waals surface area contributed by atoms with E-state index in [4.69, 9.17) is 9.47 Å². The van der Waals surface area contributed by atoms with E-state index in [0.29, 0.717) is 11.3 Å². The fraction of sp³-hybridized carbons (Fsp3) is 0.476. The van der Waals surface area contributed by atoms with Crippen molar-refractivity contribution < 1.29 is 23.9 Å². The molecular formula is C21H26N2O5S. The lowest BCUT2D eigenvalue weighted by Crippen LogP contribution is -2.35. The maximum atomic E-state index is 12.6. The molecule has 0 radical (unpaired) electrons. The molecule has 29 heavy (non-hydrogen) atoms. The standard InChI is InChI=1S/C21H26N2O5S/c1-14(2)28-19(24)13-23-20(25)18(29-21(23)26)11-15-7-8-16(12-17(15)27-3)22-9-5-4-6-10-22/h7-8,11-12,14H,4-6,9-10,13H2,1-3H3/b18-11+. The van der Waals surface area contributed by atoms with Gasteiger partial charge in [0.15, 0.2) is 0 Å². The average Bonchev–Trinajstić information content (AvgIpc) is 2.95. The molecule has 2 aliphatic rings. The highest BCUT2D eigenvalue weighted by Crippen LogP contribution is 2.35. The fourth-order valence-corrected chi connectivity index (χ4v) is 4.20. The average molecular weight is 419 g/mol. The lowest BCUT2D eigenvalue weighted by atomic mass is 10.1. The number of esters is 1. The van der Waals surface area contributed by atoms with Crippen LogP contribution in [-0.4, -0.2) is 54.9 Å². The Morgan fingerprint density at radius 2 is 1.93 bits per heavy atom. The highest BCUT2D eigenvalue weighted by atomic mass is 32.2. The zero-order valence-corrected chi connectivity index (χ0v) is 17.8. The fourth-order valence-electron chi connectivity index (χ4n) is 3.37. The molecule has 0 spiro atoms. The number of methoxy groups -OCH3 is 1. The number of imide groups is 1. The maximum absolute atomic E-state index is 12.6. The maximum Gasteiger partial charge on any atom is 0.326 e. The number of benzene rings is 1. The largest absolute Gasteiger partial charge is 0.496 e. The van der Waals surface area contributed by atoms with Crippen LogP contribution in [0.2, 0.25) is 0 Å². The molecule has 2 heterocycles. The van der Waals surface area contributed by atoms with Gasteiger partial charge in [0.25, 0.3) is 11.1 Å². The number of amides is 2. The molecule has 0 N–H and O–H groups in total. The van der Waals surface area contributed by atoms with Crippen molar-refractivity contribution in [2.75, 3.05) is 31.6 Å². The van der Waals surface area contributed by atoms with Gasteiger partial charge in [-0.05, 0) is 63.1 Å². The predicted octanol–water partition coefficient (Wildman–Crippen LogP) is 3.67. The summed E-state index contributed by atoms with van der Waals surface area (Å²) in [5.41, 5.74) is 1.80. The molecule has 156 valence electrons. The van der Waals surface area contributed by atoms with Crippen molar-refractivity contribution in [1.29, 1.82) is 0 Å². The summed E-state index contributed by atoms with van der Waals surface area (Å²) in [6.07, 6.45) is 4.94. The lowest BCUT2D eigenvalue weighted by molar-refractivity contribution is -0.149. The number of hydrogen-bond acceptors (Lipinski definition) is 7. The van der Waals surface area contributed by atoms with Crippen molar-refractivity contribution in [3.05, 3.63) is 28.7 Å². The number of rotatable bonds is 6. The third-order valence-electron chi connectivity index (χ3n) is 4.75. The molecule has 7 nitrogen and oxygen atoms in total. The van der Waals surface area contributed by atoms with Crippen molar-refractivity contribution in [2.45, 2.75) is 39.2 Å². The minimum atomic E-state index is -0.605. The normalized spacial score (nSPS) is 18.7. The van der Waals surface area contributed by atoms with E-state index in [-0.39, 0.29) is 17.6 Å². The van der Waals surface area contributed by atoms with Gasteiger partial charge in [-0.25, -0.2) is 0 Å². The topological polar surface area (TPSA) is 76.2 Å². The molecule has 3 rings (SSSR count). The molecule has 8 heteroatoms. The monoisotopic (exact) mass is 418 g/mol. The van der Waals surface area contributed by atoms with Crippen LogP contribution in [0.25, 0.3) is 6.08 Å². The number of hydrogen-bond donors (Lipinski definition) is 0. The molecule has 1 aromatic carbocycles. The Bertz CT molecular complexity index is 830. The summed E-state index contributed by atoms with van der Waals surface area (Å²) in [4.78, 5) is 40.1. The highest BCUT2D eigenvalue weighted by molar-refractivity contribution is 8.18. The van der Waals surface area contributed by atoms with Gasteiger partial charge in [-0.15, -0.1) is 0 Å². The van der Waals surface area contributed by atoms with Crippen LogP contribution in [0, 0.1) is 0 Å². The lowest BCUT2D eigenvalue weighted by Gasteiger charge is -2.29. The molecule has 0 atom stereocenters. The van der Waals surface area contributed by atoms with Gasteiger partial charge in [0.1, 0.15) is 12.3 Å². The van der Waals surface area contributed by atoms with Gasteiger partial charge in [-0.1, -0.05) is 0 Å². The van der Waals surface area contributed by atoms with Crippen LogP contribution >= 0.6 is 11.8 Å². The zero-order chi connectivity index (χ0) is 21.0. The minimum Gasteiger partial charge on any atom is -0.496 e. The van der Waals surface area contributed by atoms with Crippen LogP contribution in [-0.2, 0) is 14.3 Å². The Labute approximate surface area is 175 Å². The summed E-state index contributed by atoms with van der Waals surface area (Å²) in [5, 5.41) is -0.481. The van der Waals surface area contributed by atoms with E-state index < -0.39 is 17.1 Å². The van der Waals surface area contributed by atoms with Gasteiger partial charge in [0.2, 0.25) is 0 Å². The van der Waals surface area contributed by atoms with Gasteiger partial charge in [0, 0.05) is 30.4 Å². The molecule has 0 unspecified atom stereocenters. The summed E-state index contributed by atoms with van der Waals surface area (Å²) in [6.45, 7) is 5.09. The number of ether oxygens (including phenoxy) is 2. The van der Waals surface area contributed by atoms with Gasteiger partial charge >= 0.3 is 5.97 Å². The summed E-state index contributed by atoms with van der Waals surface area (Å²) in [7, 11) is 1.58. The minimum absolute atomic E-state index is 0.261. The van der Waals surface area contributed by atoms with Gasteiger partial charge in [-0.2, -0.15) is 0 Å². The van der Waals surface area contributed by atoms with Crippen molar-refractivity contribution in [3.63, 3.8) is 0 Å². The van der Waals surface area contributed by atoms with Crippen molar-refractivity contribution >= 4 is 40.6 Å². The van der Waals surface area contributed by atoms with Crippen molar-refractivity contribution in [1.82, 2.24) is 4.90 Å². The van der Waals surface area contributed by atoms with Crippen molar-refractivity contribution in [3.8, 4) is 5.75 Å². The summed E-state index contributed by atoms with van der Waals surface area (Å²) >= 11 is 0.814. The van der Waals surface area contributed by atoms with E-state index in [1.54, 1.807) is 27.0 Å². The molecule has 0 bridgehead atoms. The number of piperidine rings is 1. The Morgan fingerprint density at radius 3 is 2.59 bits per heavy atom. The van der Waals surface area contributed by atoms with E-state index >= 15 is 0 Å². The first kappa shape index (κ1) is 21.2. The highest BCUT2D eigenvalue weighted by Gasteiger charge is 2.37. The van der Waals surface area contributed by atoms with E-state index in [9.17, 15) is 14.4 Å². The Kier molecular flexibility index (Phi) is 6.84. The van der Waals surface area contributed by atoms with E-state index in [1.807, 2.05) is 18.2 Å². The molecule has 0 aromatic heterocycles. The van der Waals surface area contributed by atoms with E-state index in [1.165, 1.54) is 19.3 Å². The second kappa shape index (κ2) is 9.35. The Hall–Kier alpha value is -2.48. The molecule has 2 amide bonds. The summed E-state index contributed by atoms with van der Waals surface area (Å²) < 4.78 is 10.6. The number of carbonyl (C=O) groups excluding carboxylic acids is 3. The van der Waals surface area contributed by atoms with Crippen LogP contribution in [0.5, 0.6) is 5.75 Å². The smallest absolute Gasteiger partial charge is 0.326 e. The first-order valence-electron chi connectivity index (χ1n) is 9.77. The molecule has 2 aliphatic heterocycles. The Morgan fingerprint density at radius 1 is 1.21 bits per heavy atom. The second-order valence-electron chi connectivity index (χ2n) is 7.28. The Balaban J connectivity index is 1.77. The third-order valence-corrected chi connectivity index (χ3v) is 5.66. The summed E-state index contributed by atoms with van der Waals surface area (Å²) in [5.74, 6) is -0.464. The quantitative estimate of drug-likeness (QED) is 0.515. The SMILES string of the molecule is COc1cc(N2CCCCC2)ccc1/C=C1/SC(=O)N(CC(=O)OC(C)C)C1=O. The van der Waals surface area contributed by atoms with Crippen LogP contribution in [0.4, 0.5) is 10.5 Å². The predicted molar refractivity (Wildman–Crippen MR) is 113 cm³/mol. The van der Waals surface area contributed by atoms with Crippen LogP contribution in [0.3, 0.4) is 0 Å². The van der Waals surface area contributed by atoms with Gasteiger partial charge in [-0.3, -0.25) is 19.3 Å². The number of anilines is 1. The van der Waals surface area contributed by atoms with Gasteiger partial charge < -0.3 is 14.4 Å². The van der Waals surface area contributed by atoms with Crippen molar-refractivity contribution in [2.24, 2.45) is 0 Å².